The van der Waals surface area contributed by atoms with Crippen LogP contribution >= 0.6 is 23.4 Å². The second-order valence-corrected chi connectivity index (χ2v) is 8.74. The molecule has 2 heterocycles. The Morgan fingerprint density at radius 1 is 1.03 bits per heavy atom. The van der Waals surface area contributed by atoms with Gasteiger partial charge >= 0.3 is 0 Å². The Morgan fingerprint density at radius 3 is 2.62 bits per heavy atom. The number of anilines is 1. The first kappa shape index (κ1) is 22.6. The Labute approximate surface area is 197 Å². The lowest BCUT2D eigenvalue weighted by molar-refractivity contribution is 0.0954. The van der Waals surface area contributed by atoms with Crippen molar-refractivity contribution in [3.8, 4) is 0 Å². The molecule has 1 saturated heterocycles. The summed E-state index contributed by atoms with van der Waals surface area (Å²) in [4.78, 5) is 23.7. The summed E-state index contributed by atoms with van der Waals surface area (Å²) in [6, 6.07) is 19.6. The van der Waals surface area contributed by atoms with Crippen LogP contribution in [-0.4, -0.2) is 48.7 Å². The molecule has 0 bridgehead atoms. The van der Waals surface area contributed by atoms with Crippen molar-refractivity contribution in [3.05, 3.63) is 82.5 Å². The molecule has 166 valence electrons. The first-order valence-corrected chi connectivity index (χ1v) is 11.9. The molecule has 3 aromatic rings. The number of aromatic nitrogens is 2. The molecule has 32 heavy (non-hydrogen) atoms. The molecule has 1 aromatic heterocycles. The summed E-state index contributed by atoms with van der Waals surface area (Å²) in [6.45, 7) is 3.55. The van der Waals surface area contributed by atoms with E-state index in [1.54, 1.807) is 6.07 Å². The van der Waals surface area contributed by atoms with Gasteiger partial charge in [0, 0.05) is 37.0 Å². The van der Waals surface area contributed by atoms with Gasteiger partial charge in [-0.2, -0.15) is 0 Å². The van der Waals surface area contributed by atoms with E-state index in [1.165, 1.54) is 17.3 Å². The number of amides is 1. The Balaban J connectivity index is 1.33. The number of benzene rings is 2. The van der Waals surface area contributed by atoms with E-state index >= 15 is 0 Å². The fraction of sp³-hybridized carbons (Fsp3) is 0.292. The highest BCUT2D eigenvalue weighted by atomic mass is 35.5. The Hall–Kier alpha value is -2.61. The molecule has 1 aliphatic rings. The maximum atomic E-state index is 12.5. The van der Waals surface area contributed by atoms with Gasteiger partial charge in [-0.25, -0.2) is 9.97 Å². The first-order valence-electron chi connectivity index (χ1n) is 10.6. The van der Waals surface area contributed by atoms with Gasteiger partial charge < -0.3 is 15.0 Å². The molecule has 1 N–H and O–H groups in total. The van der Waals surface area contributed by atoms with Gasteiger partial charge in [-0.1, -0.05) is 65.8 Å². The minimum absolute atomic E-state index is 0.0682. The number of ether oxygens (including phenoxy) is 1. The third-order valence-corrected chi connectivity index (χ3v) is 6.21. The summed E-state index contributed by atoms with van der Waals surface area (Å²) >= 11 is 7.74. The first-order chi connectivity index (χ1) is 15.7. The van der Waals surface area contributed by atoms with E-state index in [-0.39, 0.29) is 5.91 Å². The van der Waals surface area contributed by atoms with Crippen LogP contribution in [0, 0.1) is 0 Å². The molecule has 0 aliphatic carbocycles. The van der Waals surface area contributed by atoms with Crippen LogP contribution < -0.4 is 10.2 Å². The van der Waals surface area contributed by atoms with E-state index < -0.39 is 0 Å². The maximum absolute atomic E-state index is 12.5. The monoisotopic (exact) mass is 468 g/mol. The number of nitrogens with one attached hydrogen (secondary N) is 1. The fourth-order valence-corrected chi connectivity index (χ4v) is 4.45. The van der Waals surface area contributed by atoms with Gasteiger partial charge in [-0.05, 0) is 29.7 Å². The van der Waals surface area contributed by atoms with Crippen molar-refractivity contribution < 1.29 is 9.53 Å². The highest BCUT2D eigenvalue weighted by Crippen LogP contribution is 2.25. The SMILES string of the molecule is O=C(NCCc1ccccc1)c1cccc(CSc2nc(Cl)cc(N3CCOCC3)n2)c1. The summed E-state index contributed by atoms with van der Waals surface area (Å²) < 4.78 is 5.41. The Morgan fingerprint density at radius 2 is 1.81 bits per heavy atom. The van der Waals surface area contributed by atoms with Crippen molar-refractivity contribution in [1.82, 2.24) is 15.3 Å². The van der Waals surface area contributed by atoms with Crippen LogP contribution in [0.1, 0.15) is 21.5 Å². The molecular weight excluding hydrogens is 444 g/mol. The zero-order valence-corrected chi connectivity index (χ0v) is 19.2. The zero-order valence-electron chi connectivity index (χ0n) is 17.7. The summed E-state index contributed by atoms with van der Waals surface area (Å²) in [6.07, 6.45) is 0.805. The van der Waals surface area contributed by atoms with E-state index in [0.29, 0.717) is 41.4 Å². The van der Waals surface area contributed by atoms with Gasteiger partial charge in [-0.3, -0.25) is 4.79 Å². The lowest BCUT2D eigenvalue weighted by atomic mass is 10.1. The molecule has 0 radical (unpaired) electrons. The molecule has 0 atom stereocenters. The third kappa shape index (κ3) is 6.45. The topological polar surface area (TPSA) is 67.4 Å². The van der Waals surface area contributed by atoms with E-state index in [4.69, 9.17) is 16.3 Å². The van der Waals surface area contributed by atoms with Crippen molar-refractivity contribution in [2.75, 3.05) is 37.7 Å². The quantitative estimate of drug-likeness (QED) is 0.303. The minimum atomic E-state index is -0.0682. The van der Waals surface area contributed by atoms with Gasteiger partial charge in [0.2, 0.25) is 0 Å². The lowest BCUT2D eigenvalue weighted by Gasteiger charge is -2.27. The molecule has 6 nitrogen and oxygen atoms in total. The average molecular weight is 469 g/mol. The van der Waals surface area contributed by atoms with Crippen LogP contribution in [0.25, 0.3) is 0 Å². The van der Waals surface area contributed by atoms with E-state index in [1.807, 2.05) is 42.5 Å². The second kappa shape index (κ2) is 11.3. The number of morpholine rings is 1. The van der Waals surface area contributed by atoms with Gasteiger partial charge in [0.1, 0.15) is 11.0 Å². The average Bonchev–Trinajstić information content (AvgIpc) is 2.84. The predicted octanol–water partition coefficient (Wildman–Crippen LogP) is 4.23. The molecule has 4 rings (SSSR count). The van der Waals surface area contributed by atoms with Gasteiger partial charge in [0.15, 0.2) is 5.16 Å². The van der Waals surface area contributed by atoms with E-state index in [0.717, 1.165) is 30.9 Å². The smallest absolute Gasteiger partial charge is 0.251 e. The fourth-order valence-electron chi connectivity index (χ4n) is 3.42. The Kier molecular flexibility index (Phi) is 7.98. The molecule has 0 unspecified atom stereocenters. The van der Waals surface area contributed by atoms with E-state index in [2.05, 4.69) is 32.3 Å². The highest BCUT2D eigenvalue weighted by molar-refractivity contribution is 7.98. The van der Waals surface area contributed by atoms with Crippen molar-refractivity contribution in [3.63, 3.8) is 0 Å². The van der Waals surface area contributed by atoms with Crippen LogP contribution in [0.2, 0.25) is 5.15 Å². The standard InChI is InChI=1S/C24H25ClN4O2S/c25-21-16-22(29-11-13-31-14-12-29)28-24(27-21)32-17-19-7-4-8-20(15-19)23(30)26-10-9-18-5-2-1-3-6-18/h1-8,15-16H,9-14,17H2,(H,26,30). The molecule has 2 aromatic carbocycles. The number of carbonyl (C=O) groups is 1. The molecular formula is C24H25ClN4O2S. The van der Waals surface area contributed by atoms with Crippen LogP contribution in [-0.2, 0) is 16.9 Å². The molecule has 1 fully saturated rings. The number of halogens is 1. The van der Waals surface area contributed by atoms with Crippen molar-refractivity contribution in [2.45, 2.75) is 17.3 Å². The molecule has 8 heteroatoms. The molecule has 1 aliphatic heterocycles. The molecule has 1 amide bonds. The van der Waals surface area contributed by atoms with Gasteiger partial charge in [0.25, 0.3) is 5.91 Å². The number of carbonyl (C=O) groups excluding carboxylic acids is 1. The van der Waals surface area contributed by atoms with Crippen molar-refractivity contribution in [2.24, 2.45) is 0 Å². The number of hydrogen-bond donors (Lipinski definition) is 1. The largest absolute Gasteiger partial charge is 0.378 e. The highest BCUT2D eigenvalue weighted by Gasteiger charge is 2.15. The number of rotatable bonds is 8. The normalized spacial score (nSPS) is 13.7. The van der Waals surface area contributed by atoms with Gasteiger partial charge in [-0.15, -0.1) is 0 Å². The molecule has 0 spiro atoms. The number of thioether (sulfide) groups is 1. The van der Waals surface area contributed by atoms with Crippen molar-refractivity contribution >= 4 is 35.1 Å². The van der Waals surface area contributed by atoms with Gasteiger partial charge in [0.05, 0.1) is 13.2 Å². The summed E-state index contributed by atoms with van der Waals surface area (Å²) in [5.74, 6) is 1.40. The summed E-state index contributed by atoms with van der Waals surface area (Å²) in [5, 5.41) is 4.04. The van der Waals surface area contributed by atoms with E-state index in [9.17, 15) is 4.79 Å². The second-order valence-electron chi connectivity index (χ2n) is 7.41. The van der Waals surface area contributed by atoms with Crippen molar-refractivity contribution in [1.29, 1.82) is 0 Å². The lowest BCUT2D eigenvalue weighted by Crippen LogP contribution is -2.36. The van der Waals surface area contributed by atoms with Crippen LogP contribution in [0.4, 0.5) is 5.82 Å². The molecule has 0 saturated carbocycles. The number of hydrogen-bond acceptors (Lipinski definition) is 6. The Bertz CT molecular complexity index is 1050. The minimum Gasteiger partial charge on any atom is -0.378 e. The maximum Gasteiger partial charge on any atom is 0.251 e. The van der Waals surface area contributed by atoms with Crippen LogP contribution in [0.15, 0.2) is 65.8 Å². The predicted molar refractivity (Wildman–Crippen MR) is 129 cm³/mol. The summed E-state index contributed by atoms with van der Waals surface area (Å²) in [5.41, 5.74) is 2.88. The zero-order chi connectivity index (χ0) is 22.2. The van der Waals surface area contributed by atoms with Crippen LogP contribution in [0.3, 0.4) is 0 Å². The third-order valence-electron chi connectivity index (χ3n) is 5.10. The number of nitrogens with zero attached hydrogens (tertiary/aromatic N) is 3. The summed E-state index contributed by atoms with van der Waals surface area (Å²) in [7, 11) is 0. The van der Waals surface area contributed by atoms with Crippen LogP contribution in [0.5, 0.6) is 0 Å².